The Hall–Kier alpha value is -3.56. The molecule has 2 rings (SSSR count). The van der Waals surface area contributed by atoms with Crippen LogP contribution in [-0.4, -0.2) is 66.3 Å². The predicted molar refractivity (Wildman–Crippen MR) is 108 cm³/mol. The van der Waals surface area contributed by atoms with E-state index in [1.165, 1.54) is 33.9 Å². The van der Waals surface area contributed by atoms with Crippen LogP contribution in [0.25, 0.3) is 0 Å². The second-order valence-corrected chi connectivity index (χ2v) is 6.69. The van der Waals surface area contributed by atoms with Crippen LogP contribution in [0.4, 0.5) is 11.9 Å². The summed E-state index contributed by atoms with van der Waals surface area (Å²) in [6.07, 6.45) is 5.12. The molecule has 2 aromatic heterocycles. The SMILES string of the molecule is CCC(=O)CNCC(Cn1ccnc1[N+](=O)[O-])ONCC(=O)CCn1ccnc1[N+](=O)[O-]. The number of hydroxylamine groups is 1. The van der Waals surface area contributed by atoms with Gasteiger partial charge in [-0.15, -0.1) is 0 Å². The molecule has 15 nitrogen and oxygen atoms in total. The van der Waals surface area contributed by atoms with Crippen molar-refractivity contribution < 1.29 is 24.3 Å². The minimum Gasteiger partial charge on any atom is -0.390 e. The summed E-state index contributed by atoms with van der Waals surface area (Å²) < 4.78 is 2.55. The number of nitrogens with zero attached hydrogens (tertiary/aromatic N) is 6. The van der Waals surface area contributed by atoms with Crippen molar-refractivity contribution >= 4 is 23.5 Å². The summed E-state index contributed by atoms with van der Waals surface area (Å²) in [7, 11) is 0. The third kappa shape index (κ3) is 7.60. The molecule has 0 radical (unpaired) electrons. The lowest BCUT2D eigenvalue weighted by Crippen LogP contribution is -2.39. The maximum absolute atomic E-state index is 12.1. The molecule has 1 atom stereocenters. The average molecular weight is 452 g/mol. The summed E-state index contributed by atoms with van der Waals surface area (Å²) in [5.74, 6) is -0.985. The van der Waals surface area contributed by atoms with Crippen LogP contribution in [0.2, 0.25) is 0 Å². The number of hydrogen-bond donors (Lipinski definition) is 2. The van der Waals surface area contributed by atoms with Crippen molar-refractivity contribution in [3.63, 3.8) is 0 Å². The van der Waals surface area contributed by atoms with E-state index in [-0.39, 0.29) is 62.6 Å². The molecule has 0 aliphatic rings. The number of carbonyl (C=O) groups is 2. The van der Waals surface area contributed by atoms with Crippen LogP contribution in [0.5, 0.6) is 0 Å². The summed E-state index contributed by atoms with van der Waals surface area (Å²) in [6, 6.07) is 0. The summed E-state index contributed by atoms with van der Waals surface area (Å²) in [4.78, 5) is 57.0. The highest BCUT2D eigenvalue weighted by molar-refractivity contribution is 5.80. The van der Waals surface area contributed by atoms with Crippen LogP contribution in [0.3, 0.4) is 0 Å². The molecule has 1 unspecified atom stereocenters. The molecule has 174 valence electrons. The Morgan fingerprint density at radius 2 is 1.69 bits per heavy atom. The summed E-state index contributed by atoms with van der Waals surface area (Å²) in [5, 5.41) is 24.8. The smallest absolute Gasteiger partial charge is 0.390 e. The fourth-order valence-corrected chi connectivity index (χ4v) is 2.70. The van der Waals surface area contributed by atoms with Crippen LogP contribution in [0.1, 0.15) is 19.8 Å². The van der Waals surface area contributed by atoms with Gasteiger partial charge in [0.05, 0.1) is 19.6 Å². The van der Waals surface area contributed by atoms with E-state index in [1.807, 2.05) is 0 Å². The highest BCUT2D eigenvalue weighted by atomic mass is 16.7. The van der Waals surface area contributed by atoms with Gasteiger partial charge >= 0.3 is 11.9 Å². The largest absolute Gasteiger partial charge is 0.434 e. The first-order valence-corrected chi connectivity index (χ1v) is 9.75. The fraction of sp³-hybridized carbons (Fsp3) is 0.529. The number of aryl methyl sites for hydroxylation is 1. The standard InChI is InChI=1S/C17H24N8O7/c1-2-13(26)9-18-11-15(12-23-8-5-20-17(23)25(30)31)32-21-10-14(27)3-6-22-7-4-19-16(22)24(28)29/h4-5,7-8,15,18,21H,2-3,6,9-12H2,1H3. The number of aromatic nitrogens is 4. The Kier molecular flexibility index (Phi) is 9.52. The first kappa shape index (κ1) is 24.7. The van der Waals surface area contributed by atoms with E-state index in [4.69, 9.17) is 4.84 Å². The number of rotatable bonds is 16. The molecule has 2 N–H and O–H groups in total. The monoisotopic (exact) mass is 452 g/mol. The van der Waals surface area contributed by atoms with Crippen LogP contribution >= 0.6 is 0 Å². The van der Waals surface area contributed by atoms with Gasteiger partial charge in [0.25, 0.3) is 0 Å². The molecule has 32 heavy (non-hydrogen) atoms. The van der Waals surface area contributed by atoms with E-state index in [9.17, 15) is 29.8 Å². The van der Waals surface area contributed by atoms with Gasteiger partial charge in [-0.25, -0.2) is 9.13 Å². The molecule has 0 aliphatic heterocycles. The topological polar surface area (TPSA) is 189 Å². The third-order valence-electron chi connectivity index (χ3n) is 4.35. The number of imidazole rings is 2. The van der Waals surface area contributed by atoms with Gasteiger partial charge in [0, 0.05) is 19.4 Å². The van der Waals surface area contributed by atoms with Gasteiger partial charge in [-0.3, -0.25) is 14.4 Å². The molecule has 0 bridgehead atoms. The minimum atomic E-state index is -0.657. The van der Waals surface area contributed by atoms with Gasteiger partial charge in [0.15, 0.2) is 5.78 Å². The van der Waals surface area contributed by atoms with Crippen molar-refractivity contribution in [3.05, 3.63) is 45.0 Å². The molecular weight excluding hydrogens is 428 g/mol. The first-order chi connectivity index (χ1) is 15.3. The predicted octanol–water partition coefficient (Wildman–Crippen LogP) is 0.0139. The van der Waals surface area contributed by atoms with Crippen molar-refractivity contribution in [1.29, 1.82) is 0 Å². The number of ketones is 2. The van der Waals surface area contributed by atoms with Gasteiger partial charge in [0.2, 0.25) is 0 Å². The van der Waals surface area contributed by atoms with E-state index in [1.54, 1.807) is 6.92 Å². The second kappa shape index (κ2) is 12.3. The zero-order valence-electron chi connectivity index (χ0n) is 17.4. The highest BCUT2D eigenvalue weighted by Crippen LogP contribution is 2.10. The molecule has 0 aliphatic carbocycles. The molecule has 0 aromatic carbocycles. The molecule has 2 heterocycles. The van der Waals surface area contributed by atoms with E-state index in [0.717, 1.165) is 0 Å². The Labute approximate surface area is 182 Å². The van der Waals surface area contributed by atoms with E-state index >= 15 is 0 Å². The van der Waals surface area contributed by atoms with Gasteiger partial charge in [-0.2, -0.15) is 5.48 Å². The van der Waals surface area contributed by atoms with Crippen LogP contribution in [0.15, 0.2) is 24.8 Å². The van der Waals surface area contributed by atoms with Crippen molar-refractivity contribution in [2.75, 3.05) is 19.6 Å². The lowest BCUT2D eigenvalue weighted by atomic mass is 10.3. The maximum atomic E-state index is 12.1. The lowest BCUT2D eigenvalue weighted by molar-refractivity contribution is -0.397. The van der Waals surface area contributed by atoms with Crippen molar-refractivity contribution in [1.82, 2.24) is 29.9 Å². The van der Waals surface area contributed by atoms with Crippen LogP contribution < -0.4 is 10.8 Å². The zero-order valence-corrected chi connectivity index (χ0v) is 17.4. The van der Waals surface area contributed by atoms with Gasteiger partial charge in [-0.05, 0) is 9.85 Å². The van der Waals surface area contributed by atoms with Gasteiger partial charge < -0.3 is 25.5 Å². The fourth-order valence-electron chi connectivity index (χ4n) is 2.70. The molecule has 0 amide bonds. The molecule has 0 spiro atoms. The number of Topliss-reactive ketones (excluding diaryl/α,β-unsaturated/α-hetero) is 2. The average Bonchev–Trinajstić information content (AvgIpc) is 3.41. The number of nitrogens with one attached hydrogen (secondary N) is 2. The molecule has 0 fully saturated rings. The van der Waals surface area contributed by atoms with E-state index in [0.29, 0.717) is 6.42 Å². The quantitative estimate of drug-likeness (QED) is 0.258. The van der Waals surface area contributed by atoms with Crippen molar-refractivity contribution in [2.24, 2.45) is 0 Å². The summed E-state index contributed by atoms with van der Waals surface area (Å²) in [6.45, 7) is 1.99. The summed E-state index contributed by atoms with van der Waals surface area (Å²) >= 11 is 0. The lowest BCUT2D eigenvalue weighted by Gasteiger charge is -2.17. The molecule has 2 aromatic rings. The Morgan fingerprint density at radius 3 is 2.31 bits per heavy atom. The zero-order chi connectivity index (χ0) is 23.5. The van der Waals surface area contributed by atoms with Crippen LogP contribution in [0, 0.1) is 20.2 Å². The third-order valence-corrected chi connectivity index (χ3v) is 4.35. The Morgan fingerprint density at radius 1 is 1.06 bits per heavy atom. The van der Waals surface area contributed by atoms with Gasteiger partial charge in [-0.1, -0.05) is 16.9 Å². The number of nitro groups is 2. The molecule has 0 saturated heterocycles. The van der Waals surface area contributed by atoms with Crippen molar-refractivity contribution in [2.45, 2.75) is 39.0 Å². The normalized spacial score (nSPS) is 11.9. The van der Waals surface area contributed by atoms with Gasteiger partial charge in [0.1, 0.15) is 43.2 Å². The molecule has 0 saturated carbocycles. The molecular formula is C17H24N8O7. The highest BCUT2D eigenvalue weighted by Gasteiger charge is 2.20. The Balaban J connectivity index is 1.86. The number of carbonyl (C=O) groups excluding carboxylic acids is 2. The minimum absolute atomic E-state index is 0.00547. The van der Waals surface area contributed by atoms with E-state index in [2.05, 4.69) is 20.8 Å². The molecule has 15 heteroatoms. The Bertz CT molecular complexity index is 941. The number of hydrogen-bond acceptors (Lipinski definition) is 11. The van der Waals surface area contributed by atoms with Crippen molar-refractivity contribution in [3.8, 4) is 0 Å². The second-order valence-electron chi connectivity index (χ2n) is 6.69. The first-order valence-electron chi connectivity index (χ1n) is 9.75. The van der Waals surface area contributed by atoms with E-state index < -0.39 is 16.0 Å². The maximum Gasteiger partial charge on any atom is 0.434 e. The van der Waals surface area contributed by atoms with Crippen LogP contribution in [-0.2, 0) is 27.5 Å². The summed E-state index contributed by atoms with van der Waals surface area (Å²) in [5.41, 5.74) is 2.53.